The first-order chi connectivity index (χ1) is 6.06. The van der Waals surface area contributed by atoms with Gasteiger partial charge in [-0.2, -0.15) is 4.48 Å². The normalized spacial score (nSPS) is 30.2. The first-order valence-electron chi connectivity index (χ1n) is 3.26. The third-order valence-corrected chi connectivity index (χ3v) is 2.74. The van der Waals surface area contributed by atoms with E-state index >= 15 is 0 Å². The number of aliphatic carboxylic acids is 1. The number of nitrogens with zero attached hydrogens (tertiary/aromatic N) is 2. The van der Waals surface area contributed by atoms with Gasteiger partial charge in [0.25, 0.3) is 5.17 Å². The number of likely N-dealkylation sites (N-methyl/N-ethyl adjacent to an activating group) is 1. The smallest absolute Gasteiger partial charge is 0.313 e. The summed E-state index contributed by atoms with van der Waals surface area (Å²) in [5.41, 5.74) is -0.163. The molecule has 1 amide bonds. The number of rotatable bonds is 2. The first kappa shape index (κ1) is 9.75. The number of hydrogen-bond acceptors (Lipinski definition) is 6. The van der Waals surface area contributed by atoms with Crippen molar-refractivity contribution in [1.29, 1.82) is 0 Å². The zero-order valence-electron chi connectivity index (χ0n) is 6.76. The second-order valence-corrected chi connectivity index (χ2v) is 3.34. The molecule has 0 aromatic rings. The number of carbonyl (C=O) groups excluding carboxylic acids is 2. The van der Waals surface area contributed by atoms with E-state index < -0.39 is 10.5 Å². The maximum Gasteiger partial charge on any atom is 0.313 e. The number of amidine groups is 1. The van der Waals surface area contributed by atoms with Crippen molar-refractivity contribution >= 4 is 29.3 Å². The van der Waals surface area contributed by atoms with Crippen molar-refractivity contribution in [2.75, 3.05) is 7.05 Å². The molecule has 13 heavy (non-hydrogen) atoms. The predicted octanol–water partition coefficient (Wildman–Crippen LogP) is -1.84. The number of carboxylic acid groups (broad SMARTS) is 1. The van der Waals surface area contributed by atoms with E-state index in [1.165, 1.54) is 12.5 Å². The molecule has 2 N–H and O–H groups in total. The van der Waals surface area contributed by atoms with E-state index in [0.29, 0.717) is 6.41 Å². The molecule has 0 aliphatic carbocycles. The Morgan fingerprint density at radius 3 is 2.85 bits per heavy atom. The van der Waals surface area contributed by atoms with Crippen molar-refractivity contribution in [3.63, 3.8) is 0 Å². The van der Waals surface area contributed by atoms with Gasteiger partial charge in [0.15, 0.2) is 5.70 Å². The van der Waals surface area contributed by atoms with Gasteiger partial charge in [-0.3, -0.25) is 0 Å². The van der Waals surface area contributed by atoms with Crippen LogP contribution in [0.4, 0.5) is 0 Å². The van der Waals surface area contributed by atoms with E-state index in [9.17, 15) is 14.7 Å². The zero-order valence-corrected chi connectivity index (χ0v) is 7.58. The Bertz CT molecular complexity index is 325. The first-order valence-corrected chi connectivity index (χ1v) is 4.14. The van der Waals surface area contributed by atoms with E-state index in [0.717, 1.165) is 11.8 Å². The molecule has 0 aromatic heterocycles. The maximum atomic E-state index is 10.7. The highest BCUT2D eigenvalue weighted by molar-refractivity contribution is 8.16. The third-order valence-electron chi connectivity index (χ3n) is 1.70. The minimum Gasteiger partial charge on any atom is -0.540 e. The molecule has 0 radical (unpaired) electrons. The molecule has 1 heterocycles. The third kappa shape index (κ3) is 1.31. The Morgan fingerprint density at radius 1 is 1.85 bits per heavy atom. The van der Waals surface area contributed by atoms with Gasteiger partial charge >= 0.3 is 6.41 Å². The molecule has 6 nitrogen and oxygen atoms in total. The van der Waals surface area contributed by atoms with Gasteiger partial charge in [-0.25, -0.2) is 4.79 Å². The Morgan fingerprint density at radius 2 is 2.46 bits per heavy atom. The Labute approximate surface area is 78.3 Å². The largest absolute Gasteiger partial charge is 0.540 e. The molecule has 1 atom stereocenters. The highest BCUT2D eigenvalue weighted by Gasteiger charge is 2.41. The Balaban J connectivity index is 3.17. The average molecular weight is 201 g/mol. The molecule has 0 fully saturated rings. The van der Waals surface area contributed by atoms with Crippen LogP contribution < -0.4 is 10.9 Å². The molecule has 0 saturated heterocycles. The molecular formula is C6H7N3O3S. The zero-order chi connectivity index (χ0) is 10.1. The van der Waals surface area contributed by atoms with E-state index in [-0.39, 0.29) is 10.9 Å². The molecule has 1 unspecified atom stereocenters. The van der Waals surface area contributed by atoms with Crippen molar-refractivity contribution < 1.29 is 19.2 Å². The summed E-state index contributed by atoms with van der Waals surface area (Å²) in [7, 11) is 1.38. The van der Waals surface area contributed by atoms with Crippen LogP contribution in [0, 0.1) is 0 Å². The summed E-state index contributed by atoms with van der Waals surface area (Å²) in [6.45, 7) is 0. The van der Waals surface area contributed by atoms with Gasteiger partial charge in [-0.1, -0.05) is 0 Å². The summed E-state index contributed by atoms with van der Waals surface area (Å²) in [6.07, 6.45) is 0.438. The van der Waals surface area contributed by atoms with Gasteiger partial charge < -0.3 is 15.7 Å². The van der Waals surface area contributed by atoms with Crippen LogP contribution in [0.25, 0.3) is 0 Å². The number of hydrogen-bond donors (Lipinski definition) is 1. The van der Waals surface area contributed by atoms with Crippen molar-refractivity contribution in [3.05, 3.63) is 11.1 Å². The van der Waals surface area contributed by atoms with Crippen molar-refractivity contribution in [2.24, 2.45) is 10.9 Å². The lowest BCUT2D eigenvalue weighted by atomic mass is 10.4. The molecule has 0 bridgehead atoms. The van der Waals surface area contributed by atoms with Crippen LogP contribution in [0.3, 0.4) is 0 Å². The van der Waals surface area contributed by atoms with Gasteiger partial charge in [0.1, 0.15) is 5.97 Å². The fraction of sp³-hybridized carbons (Fsp3) is 0.167. The van der Waals surface area contributed by atoms with E-state index in [1.54, 1.807) is 0 Å². The van der Waals surface area contributed by atoms with Gasteiger partial charge in [-0.05, 0) is 11.8 Å². The fourth-order valence-corrected chi connectivity index (χ4v) is 1.87. The lowest BCUT2D eigenvalue weighted by molar-refractivity contribution is -0.680. The second-order valence-electron chi connectivity index (χ2n) is 2.50. The molecular weight excluding hydrogens is 194 g/mol. The van der Waals surface area contributed by atoms with E-state index in [4.69, 9.17) is 5.84 Å². The molecule has 0 aromatic carbocycles. The fourth-order valence-electron chi connectivity index (χ4n) is 0.921. The van der Waals surface area contributed by atoms with Crippen LogP contribution in [0.2, 0.25) is 0 Å². The lowest BCUT2D eigenvalue weighted by Crippen LogP contribution is -2.48. The number of carboxylic acids is 1. The SMILES string of the molecule is C[N+]1(C=O)C(C(=O)[O-])=CSC1=NN. The number of nitrogens with two attached hydrogens (primary N) is 1. The van der Waals surface area contributed by atoms with Crippen LogP contribution in [0.5, 0.6) is 0 Å². The Hall–Kier alpha value is -1.34. The van der Waals surface area contributed by atoms with Crippen LogP contribution in [0.1, 0.15) is 0 Å². The lowest BCUT2D eigenvalue weighted by Gasteiger charge is -2.22. The van der Waals surface area contributed by atoms with Gasteiger partial charge in [0.2, 0.25) is 0 Å². The van der Waals surface area contributed by atoms with Crippen molar-refractivity contribution in [3.8, 4) is 0 Å². The number of hydrazone groups is 1. The number of thioether (sulfide) groups is 1. The number of carbonyl (C=O) groups is 2. The summed E-state index contributed by atoms with van der Waals surface area (Å²) in [6, 6.07) is 0. The van der Waals surface area contributed by atoms with Crippen molar-refractivity contribution in [2.45, 2.75) is 0 Å². The second kappa shape index (κ2) is 3.19. The molecule has 7 heteroatoms. The van der Waals surface area contributed by atoms with Crippen LogP contribution in [-0.4, -0.2) is 29.1 Å². The maximum absolute atomic E-state index is 10.7. The summed E-state index contributed by atoms with van der Waals surface area (Å²) in [4.78, 5) is 21.3. The van der Waals surface area contributed by atoms with Gasteiger partial charge in [0, 0.05) is 5.41 Å². The molecule has 1 rings (SSSR count). The standard InChI is InChI=1S/C6H7N3O3S/c1-9(3-10)4(5(11)12)2-13-6(9)8-7/h2-3H,7H2,1H3. The summed E-state index contributed by atoms with van der Waals surface area (Å²) >= 11 is 0.993. The van der Waals surface area contributed by atoms with Crippen LogP contribution in [0.15, 0.2) is 16.2 Å². The van der Waals surface area contributed by atoms with Crippen LogP contribution in [-0.2, 0) is 9.59 Å². The van der Waals surface area contributed by atoms with Crippen molar-refractivity contribution in [1.82, 2.24) is 0 Å². The molecule has 70 valence electrons. The minimum absolute atomic E-state index is 0.163. The van der Waals surface area contributed by atoms with Gasteiger partial charge in [-0.15, -0.1) is 5.10 Å². The molecule has 0 saturated carbocycles. The predicted molar refractivity (Wildman–Crippen MR) is 44.6 cm³/mol. The molecule has 1 aliphatic rings. The number of amides is 1. The minimum atomic E-state index is -1.40. The van der Waals surface area contributed by atoms with E-state index in [1.807, 2.05) is 0 Å². The summed E-state index contributed by atoms with van der Waals surface area (Å²) in [5.74, 6) is 3.59. The topological polar surface area (TPSA) is 95.6 Å². The molecule has 1 aliphatic heterocycles. The molecule has 0 spiro atoms. The average Bonchev–Trinajstić information content (AvgIpc) is 2.43. The van der Waals surface area contributed by atoms with E-state index in [2.05, 4.69) is 5.10 Å². The number of quaternary nitrogens is 1. The monoisotopic (exact) mass is 201 g/mol. The summed E-state index contributed by atoms with van der Waals surface area (Å²) < 4.78 is -0.566. The highest BCUT2D eigenvalue weighted by atomic mass is 32.2. The van der Waals surface area contributed by atoms with Crippen LogP contribution >= 0.6 is 11.8 Å². The highest BCUT2D eigenvalue weighted by Crippen LogP contribution is 2.30. The van der Waals surface area contributed by atoms with Gasteiger partial charge in [0.05, 0.1) is 7.05 Å². The summed E-state index contributed by atoms with van der Waals surface area (Å²) in [5, 5.41) is 15.4. The Kier molecular flexibility index (Phi) is 2.39. The quantitative estimate of drug-likeness (QED) is 0.245.